The Labute approximate surface area is 92.3 Å². The highest BCUT2D eigenvalue weighted by Gasteiger charge is 2.09. The van der Waals surface area contributed by atoms with Crippen molar-refractivity contribution < 1.29 is 0 Å². The van der Waals surface area contributed by atoms with Crippen molar-refractivity contribution in [1.29, 1.82) is 0 Å². The minimum absolute atomic E-state index is 0.494. The van der Waals surface area contributed by atoms with Crippen LogP contribution in [0.15, 0.2) is 12.3 Å². The summed E-state index contributed by atoms with van der Waals surface area (Å²) >= 11 is 0. The molecule has 1 heterocycles. The molecule has 3 heteroatoms. The van der Waals surface area contributed by atoms with Gasteiger partial charge in [0.15, 0.2) is 0 Å². The maximum Gasteiger partial charge on any atom is 0.133 e. The number of anilines is 1. The highest BCUT2D eigenvalue weighted by atomic mass is 15.0. The molecule has 0 aliphatic heterocycles. The van der Waals surface area contributed by atoms with Gasteiger partial charge in [0, 0.05) is 18.7 Å². The number of hydrogen-bond donors (Lipinski definition) is 1. The Morgan fingerprint density at radius 3 is 2.60 bits per heavy atom. The number of aromatic nitrogens is 2. The summed E-state index contributed by atoms with van der Waals surface area (Å²) in [5.41, 5.74) is 0. The van der Waals surface area contributed by atoms with Crippen molar-refractivity contribution in [3.05, 3.63) is 18.1 Å². The van der Waals surface area contributed by atoms with E-state index in [0.29, 0.717) is 5.92 Å². The largest absolute Gasteiger partial charge is 0.370 e. The molecule has 1 aromatic heterocycles. The lowest BCUT2D eigenvalue weighted by Gasteiger charge is -2.12. The van der Waals surface area contributed by atoms with Gasteiger partial charge < -0.3 is 5.32 Å². The first-order chi connectivity index (χ1) is 7.31. The van der Waals surface area contributed by atoms with Gasteiger partial charge in [-0.05, 0) is 25.3 Å². The second-order valence-electron chi connectivity index (χ2n) is 3.74. The zero-order valence-corrected chi connectivity index (χ0v) is 9.95. The SMILES string of the molecule is CCCNc1ccnc(C(CC)CC)n1. The van der Waals surface area contributed by atoms with Crippen molar-refractivity contribution in [2.75, 3.05) is 11.9 Å². The second kappa shape index (κ2) is 6.38. The zero-order chi connectivity index (χ0) is 11.1. The van der Waals surface area contributed by atoms with E-state index in [1.807, 2.05) is 12.3 Å². The standard InChI is InChI=1S/C12H21N3/c1-4-8-13-11-7-9-14-12(15-11)10(5-2)6-3/h7,9-10H,4-6,8H2,1-3H3,(H,13,14,15). The molecule has 0 aliphatic rings. The average Bonchev–Trinajstić information content (AvgIpc) is 2.29. The van der Waals surface area contributed by atoms with Gasteiger partial charge in [-0.2, -0.15) is 0 Å². The molecule has 0 saturated carbocycles. The van der Waals surface area contributed by atoms with E-state index in [1.165, 1.54) is 0 Å². The summed E-state index contributed by atoms with van der Waals surface area (Å²) in [5.74, 6) is 2.42. The summed E-state index contributed by atoms with van der Waals surface area (Å²) < 4.78 is 0. The number of nitrogens with zero attached hydrogens (tertiary/aromatic N) is 2. The van der Waals surface area contributed by atoms with E-state index in [-0.39, 0.29) is 0 Å². The molecule has 1 aromatic rings. The molecule has 0 radical (unpaired) electrons. The van der Waals surface area contributed by atoms with Crippen LogP contribution >= 0.6 is 0 Å². The Balaban J connectivity index is 2.72. The first-order valence-corrected chi connectivity index (χ1v) is 5.88. The highest BCUT2D eigenvalue weighted by Crippen LogP contribution is 2.19. The van der Waals surface area contributed by atoms with Gasteiger partial charge in [0.25, 0.3) is 0 Å². The van der Waals surface area contributed by atoms with Gasteiger partial charge in [-0.25, -0.2) is 9.97 Å². The molecule has 1 rings (SSSR count). The third-order valence-electron chi connectivity index (χ3n) is 2.58. The summed E-state index contributed by atoms with van der Waals surface area (Å²) in [6.45, 7) is 7.49. The van der Waals surface area contributed by atoms with Gasteiger partial charge in [-0.3, -0.25) is 0 Å². The smallest absolute Gasteiger partial charge is 0.133 e. The molecule has 0 fully saturated rings. The van der Waals surface area contributed by atoms with Crippen LogP contribution in [0, 0.1) is 0 Å². The normalized spacial score (nSPS) is 10.7. The van der Waals surface area contributed by atoms with Crippen LogP contribution in [0.2, 0.25) is 0 Å². The molecule has 1 N–H and O–H groups in total. The van der Waals surface area contributed by atoms with Crippen LogP contribution in [0.25, 0.3) is 0 Å². The summed E-state index contributed by atoms with van der Waals surface area (Å²) in [4.78, 5) is 8.87. The monoisotopic (exact) mass is 207 g/mol. The molecule has 0 spiro atoms. The van der Waals surface area contributed by atoms with Gasteiger partial charge in [0.2, 0.25) is 0 Å². The van der Waals surface area contributed by atoms with E-state index in [2.05, 4.69) is 36.1 Å². The van der Waals surface area contributed by atoms with Crippen molar-refractivity contribution >= 4 is 5.82 Å². The molecule has 0 atom stereocenters. The van der Waals surface area contributed by atoms with Gasteiger partial charge in [-0.15, -0.1) is 0 Å². The molecule has 0 aromatic carbocycles. The van der Waals surface area contributed by atoms with Crippen LogP contribution in [0.4, 0.5) is 5.82 Å². The minimum atomic E-state index is 0.494. The van der Waals surface area contributed by atoms with E-state index < -0.39 is 0 Å². The molecule has 0 bridgehead atoms. The fourth-order valence-electron chi connectivity index (χ4n) is 1.58. The number of nitrogens with one attached hydrogen (secondary N) is 1. The maximum absolute atomic E-state index is 4.53. The van der Waals surface area contributed by atoms with Crippen LogP contribution in [0.3, 0.4) is 0 Å². The quantitative estimate of drug-likeness (QED) is 0.778. The Hall–Kier alpha value is -1.12. The lowest BCUT2D eigenvalue weighted by atomic mass is 10.0. The summed E-state index contributed by atoms with van der Waals surface area (Å²) in [7, 11) is 0. The first-order valence-electron chi connectivity index (χ1n) is 5.88. The molecule has 0 saturated heterocycles. The fraction of sp³-hybridized carbons (Fsp3) is 0.667. The predicted octanol–water partition coefficient (Wildman–Crippen LogP) is 3.20. The van der Waals surface area contributed by atoms with Gasteiger partial charge in [0.05, 0.1) is 0 Å². The van der Waals surface area contributed by atoms with E-state index >= 15 is 0 Å². The lowest BCUT2D eigenvalue weighted by Crippen LogP contribution is -2.07. The summed E-state index contributed by atoms with van der Waals surface area (Å²) in [5, 5.41) is 3.29. The van der Waals surface area contributed by atoms with Crippen molar-refractivity contribution in [1.82, 2.24) is 9.97 Å². The topological polar surface area (TPSA) is 37.8 Å². The minimum Gasteiger partial charge on any atom is -0.370 e. The van der Waals surface area contributed by atoms with E-state index in [0.717, 1.165) is 37.4 Å². The molecular weight excluding hydrogens is 186 g/mol. The summed E-state index contributed by atoms with van der Waals surface area (Å²) in [6.07, 6.45) is 5.17. The highest BCUT2D eigenvalue weighted by molar-refractivity contribution is 5.33. The van der Waals surface area contributed by atoms with Crippen molar-refractivity contribution in [2.24, 2.45) is 0 Å². The Morgan fingerprint density at radius 2 is 2.00 bits per heavy atom. The number of rotatable bonds is 6. The van der Waals surface area contributed by atoms with Gasteiger partial charge in [0.1, 0.15) is 11.6 Å². The molecule has 0 aliphatic carbocycles. The third-order valence-corrected chi connectivity index (χ3v) is 2.58. The molecule has 0 unspecified atom stereocenters. The molecule has 15 heavy (non-hydrogen) atoms. The van der Waals surface area contributed by atoms with Crippen molar-refractivity contribution in [3.63, 3.8) is 0 Å². The Morgan fingerprint density at radius 1 is 1.27 bits per heavy atom. The molecule has 0 amide bonds. The van der Waals surface area contributed by atoms with Crippen LogP contribution in [0.1, 0.15) is 51.8 Å². The predicted molar refractivity (Wildman–Crippen MR) is 64.1 cm³/mol. The van der Waals surface area contributed by atoms with Crippen LogP contribution < -0.4 is 5.32 Å². The van der Waals surface area contributed by atoms with Gasteiger partial charge >= 0.3 is 0 Å². The lowest BCUT2D eigenvalue weighted by molar-refractivity contribution is 0.602. The average molecular weight is 207 g/mol. The number of hydrogen-bond acceptors (Lipinski definition) is 3. The Kier molecular flexibility index (Phi) is 5.08. The van der Waals surface area contributed by atoms with Crippen LogP contribution in [-0.2, 0) is 0 Å². The fourth-order valence-corrected chi connectivity index (χ4v) is 1.58. The molecule has 3 nitrogen and oxygen atoms in total. The third kappa shape index (κ3) is 3.50. The maximum atomic E-state index is 4.53. The van der Waals surface area contributed by atoms with Gasteiger partial charge in [-0.1, -0.05) is 20.8 Å². The first kappa shape index (κ1) is 12.0. The summed E-state index contributed by atoms with van der Waals surface area (Å²) in [6, 6.07) is 1.93. The van der Waals surface area contributed by atoms with E-state index in [9.17, 15) is 0 Å². The second-order valence-corrected chi connectivity index (χ2v) is 3.74. The molecular formula is C12H21N3. The Bertz CT molecular complexity index is 282. The van der Waals surface area contributed by atoms with Crippen LogP contribution in [0.5, 0.6) is 0 Å². The zero-order valence-electron chi connectivity index (χ0n) is 9.95. The van der Waals surface area contributed by atoms with E-state index in [4.69, 9.17) is 0 Å². The van der Waals surface area contributed by atoms with Crippen LogP contribution in [-0.4, -0.2) is 16.5 Å². The van der Waals surface area contributed by atoms with E-state index in [1.54, 1.807) is 0 Å². The molecule has 84 valence electrons. The van der Waals surface area contributed by atoms with Crippen molar-refractivity contribution in [3.8, 4) is 0 Å². The van der Waals surface area contributed by atoms with Crippen molar-refractivity contribution in [2.45, 2.75) is 46.0 Å².